The van der Waals surface area contributed by atoms with E-state index >= 15 is 0 Å². The summed E-state index contributed by atoms with van der Waals surface area (Å²) in [6, 6.07) is -1.29. The van der Waals surface area contributed by atoms with E-state index in [4.69, 9.17) is 15.6 Å². The summed E-state index contributed by atoms with van der Waals surface area (Å²) in [6.45, 7) is 1.79. The minimum Gasteiger partial charge on any atom is -0.480 e. The average molecular weight is 259 g/mol. The van der Waals surface area contributed by atoms with E-state index in [0.717, 1.165) is 6.54 Å². The number of nitrogens with two attached hydrogens (primary N) is 1. The summed E-state index contributed by atoms with van der Waals surface area (Å²) in [7, 11) is 0. The van der Waals surface area contributed by atoms with Crippen LogP contribution in [0.3, 0.4) is 0 Å². The predicted octanol–water partition coefficient (Wildman–Crippen LogP) is -2.19. The molecule has 18 heavy (non-hydrogen) atoms. The van der Waals surface area contributed by atoms with Crippen LogP contribution in [0, 0.1) is 0 Å². The van der Waals surface area contributed by atoms with Gasteiger partial charge in [-0.3, -0.25) is 9.59 Å². The van der Waals surface area contributed by atoms with Crippen molar-refractivity contribution in [3.63, 3.8) is 0 Å². The Labute approximate surface area is 104 Å². The van der Waals surface area contributed by atoms with Gasteiger partial charge < -0.3 is 26.2 Å². The molecule has 1 rings (SSSR count). The maximum absolute atomic E-state index is 11.6. The summed E-state index contributed by atoms with van der Waals surface area (Å²) in [4.78, 5) is 33.0. The molecular weight excluding hydrogens is 242 g/mol. The Balaban J connectivity index is 2.40. The first-order valence-corrected chi connectivity index (χ1v) is 5.62. The Morgan fingerprint density at radius 2 is 2.22 bits per heavy atom. The highest BCUT2D eigenvalue weighted by atomic mass is 16.5. The van der Waals surface area contributed by atoms with Gasteiger partial charge >= 0.3 is 5.97 Å². The zero-order valence-corrected chi connectivity index (χ0v) is 9.85. The number of aliphatic carboxylic acids is 1. The van der Waals surface area contributed by atoms with Crippen LogP contribution < -0.4 is 16.4 Å². The summed E-state index contributed by atoms with van der Waals surface area (Å²) in [5.74, 6) is -2.54. The third-order valence-electron chi connectivity index (χ3n) is 2.46. The minimum absolute atomic E-state index is 0.0511. The van der Waals surface area contributed by atoms with Crippen LogP contribution in [0.1, 0.15) is 12.8 Å². The fourth-order valence-corrected chi connectivity index (χ4v) is 1.61. The van der Waals surface area contributed by atoms with Crippen LogP contribution >= 0.6 is 0 Å². The Morgan fingerprint density at radius 1 is 1.50 bits per heavy atom. The molecule has 102 valence electrons. The number of hydrogen-bond donors (Lipinski definition) is 4. The molecule has 0 saturated carbocycles. The zero-order valence-electron chi connectivity index (χ0n) is 9.85. The highest BCUT2D eigenvalue weighted by Crippen LogP contribution is 2.02. The highest BCUT2D eigenvalue weighted by Gasteiger charge is 2.24. The van der Waals surface area contributed by atoms with Gasteiger partial charge in [-0.25, -0.2) is 4.79 Å². The van der Waals surface area contributed by atoms with Gasteiger partial charge in [0.15, 0.2) is 0 Å². The Kier molecular flexibility index (Phi) is 5.53. The van der Waals surface area contributed by atoms with Gasteiger partial charge in [0, 0.05) is 13.1 Å². The zero-order chi connectivity index (χ0) is 13.5. The molecule has 0 bridgehead atoms. The van der Waals surface area contributed by atoms with E-state index < -0.39 is 30.2 Å². The summed E-state index contributed by atoms with van der Waals surface area (Å²) < 4.78 is 5.31. The molecule has 8 nitrogen and oxygen atoms in total. The molecule has 1 aliphatic heterocycles. The maximum Gasteiger partial charge on any atom is 0.326 e. The molecule has 0 aromatic rings. The van der Waals surface area contributed by atoms with E-state index in [0.29, 0.717) is 13.2 Å². The van der Waals surface area contributed by atoms with Crippen molar-refractivity contribution in [1.82, 2.24) is 10.6 Å². The molecule has 0 spiro atoms. The molecule has 2 atom stereocenters. The third kappa shape index (κ3) is 5.11. The van der Waals surface area contributed by atoms with E-state index in [9.17, 15) is 14.4 Å². The van der Waals surface area contributed by atoms with Crippen molar-refractivity contribution in [2.45, 2.75) is 25.0 Å². The van der Waals surface area contributed by atoms with Gasteiger partial charge in [0.2, 0.25) is 11.8 Å². The fraction of sp³-hybridized carbons (Fsp3) is 0.700. The first-order valence-electron chi connectivity index (χ1n) is 5.62. The average Bonchev–Trinajstić information content (AvgIpc) is 2.28. The largest absolute Gasteiger partial charge is 0.480 e. The summed E-state index contributed by atoms with van der Waals surface area (Å²) >= 11 is 0. The number of nitrogens with one attached hydrogen (secondary N) is 2. The quantitative estimate of drug-likeness (QED) is 0.428. The van der Waals surface area contributed by atoms with Crippen molar-refractivity contribution >= 4 is 17.8 Å². The summed E-state index contributed by atoms with van der Waals surface area (Å²) in [5.41, 5.74) is 4.90. The Morgan fingerprint density at radius 3 is 2.72 bits per heavy atom. The molecule has 2 amide bonds. The molecule has 1 saturated heterocycles. The van der Waals surface area contributed by atoms with Gasteiger partial charge in [0.25, 0.3) is 0 Å². The Bertz CT molecular complexity index is 327. The van der Waals surface area contributed by atoms with Crippen molar-refractivity contribution in [3.8, 4) is 0 Å². The molecule has 0 aliphatic carbocycles. The van der Waals surface area contributed by atoms with Crippen LogP contribution in [-0.2, 0) is 19.1 Å². The number of morpholine rings is 1. The first-order chi connectivity index (χ1) is 8.49. The van der Waals surface area contributed by atoms with E-state index in [-0.39, 0.29) is 12.5 Å². The van der Waals surface area contributed by atoms with Gasteiger partial charge in [-0.2, -0.15) is 0 Å². The molecule has 1 fully saturated rings. The van der Waals surface area contributed by atoms with Gasteiger partial charge in [-0.1, -0.05) is 0 Å². The molecular formula is C10H17N3O5. The number of carboxylic acids is 1. The number of carbonyl (C=O) groups is 3. The lowest BCUT2D eigenvalue weighted by Gasteiger charge is -2.23. The van der Waals surface area contributed by atoms with Crippen LogP contribution in [0.4, 0.5) is 0 Å². The number of amides is 2. The number of rotatable bonds is 6. The fourth-order valence-electron chi connectivity index (χ4n) is 1.61. The minimum atomic E-state index is -1.29. The second-order valence-corrected chi connectivity index (χ2v) is 4.03. The molecule has 1 aliphatic rings. The van der Waals surface area contributed by atoms with Crippen molar-refractivity contribution in [2.75, 3.05) is 19.7 Å². The molecule has 0 aromatic heterocycles. The molecule has 0 aromatic carbocycles. The molecule has 8 heteroatoms. The van der Waals surface area contributed by atoms with Crippen LogP contribution in [-0.4, -0.2) is 54.7 Å². The topological polar surface area (TPSA) is 131 Å². The predicted molar refractivity (Wildman–Crippen MR) is 60.6 cm³/mol. The number of hydrogen-bond acceptors (Lipinski definition) is 5. The van der Waals surface area contributed by atoms with E-state index in [1.807, 2.05) is 0 Å². The first kappa shape index (κ1) is 14.4. The van der Waals surface area contributed by atoms with Crippen molar-refractivity contribution < 1.29 is 24.2 Å². The second-order valence-electron chi connectivity index (χ2n) is 4.03. The van der Waals surface area contributed by atoms with Crippen molar-refractivity contribution in [1.29, 1.82) is 0 Å². The SMILES string of the molecule is NC(=O)CC(NC(=O)CC1CNCCO1)C(=O)O. The van der Waals surface area contributed by atoms with E-state index in [2.05, 4.69) is 10.6 Å². The monoisotopic (exact) mass is 259 g/mol. The van der Waals surface area contributed by atoms with Gasteiger partial charge in [0.1, 0.15) is 6.04 Å². The maximum atomic E-state index is 11.6. The van der Waals surface area contributed by atoms with Crippen LogP contribution in [0.2, 0.25) is 0 Å². The number of ether oxygens (including phenoxy) is 1. The van der Waals surface area contributed by atoms with Crippen LogP contribution in [0.25, 0.3) is 0 Å². The lowest BCUT2D eigenvalue weighted by Crippen LogP contribution is -2.46. The standard InChI is InChI=1S/C10H17N3O5/c11-8(14)4-7(10(16)17)13-9(15)3-6-5-12-1-2-18-6/h6-7,12H,1-5H2,(H2,11,14)(H,13,15)(H,16,17). The van der Waals surface area contributed by atoms with Crippen LogP contribution in [0.5, 0.6) is 0 Å². The van der Waals surface area contributed by atoms with Gasteiger partial charge in [-0.15, -0.1) is 0 Å². The highest BCUT2D eigenvalue weighted by molar-refractivity contribution is 5.88. The number of primary amides is 1. The number of carbonyl (C=O) groups excluding carboxylic acids is 2. The molecule has 1 heterocycles. The van der Waals surface area contributed by atoms with Crippen molar-refractivity contribution in [3.05, 3.63) is 0 Å². The van der Waals surface area contributed by atoms with E-state index in [1.165, 1.54) is 0 Å². The third-order valence-corrected chi connectivity index (χ3v) is 2.46. The molecule has 2 unspecified atom stereocenters. The lowest BCUT2D eigenvalue weighted by molar-refractivity contribution is -0.143. The normalized spacial score (nSPS) is 21.0. The summed E-state index contributed by atoms with van der Waals surface area (Å²) in [6.07, 6.45) is -0.651. The van der Waals surface area contributed by atoms with E-state index in [1.54, 1.807) is 0 Å². The van der Waals surface area contributed by atoms with Crippen molar-refractivity contribution in [2.24, 2.45) is 5.73 Å². The summed E-state index contributed by atoms with van der Waals surface area (Å²) in [5, 5.41) is 14.1. The molecule has 0 radical (unpaired) electrons. The lowest BCUT2D eigenvalue weighted by atomic mass is 10.1. The second kappa shape index (κ2) is 6.92. The molecule has 5 N–H and O–H groups in total. The van der Waals surface area contributed by atoms with Gasteiger partial charge in [0.05, 0.1) is 25.6 Å². The smallest absolute Gasteiger partial charge is 0.326 e. The number of carboxylic acid groups (broad SMARTS) is 1. The van der Waals surface area contributed by atoms with Crippen LogP contribution in [0.15, 0.2) is 0 Å². The van der Waals surface area contributed by atoms with Gasteiger partial charge in [-0.05, 0) is 0 Å². The Hall–Kier alpha value is -1.67.